The van der Waals surface area contributed by atoms with Crippen molar-refractivity contribution >= 4 is 17.4 Å². The summed E-state index contributed by atoms with van der Waals surface area (Å²) in [5.41, 5.74) is 9.02. The molecule has 0 fully saturated rings. The number of hydrogen-bond acceptors (Lipinski definition) is 4. The van der Waals surface area contributed by atoms with Crippen LogP contribution in [-0.2, 0) is 5.75 Å². The molecule has 4 heteroatoms. The summed E-state index contributed by atoms with van der Waals surface area (Å²) in [6.45, 7) is 4.62. The molecule has 0 radical (unpaired) electrons. The van der Waals surface area contributed by atoms with Crippen LogP contribution in [0, 0.1) is 6.92 Å². The zero-order valence-corrected chi connectivity index (χ0v) is 12.0. The molecular formula is C15H18N2OS. The van der Waals surface area contributed by atoms with E-state index in [0.717, 1.165) is 10.8 Å². The zero-order valence-electron chi connectivity index (χ0n) is 11.2. The van der Waals surface area contributed by atoms with Crippen molar-refractivity contribution in [3.05, 3.63) is 47.5 Å². The first-order chi connectivity index (χ1) is 9.20. The molecule has 0 spiro atoms. The first-order valence-electron chi connectivity index (χ1n) is 6.27. The van der Waals surface area contributed by atoms with Gasteiger partial charge in [-0.1, -0.05) is 24.3 Å². The molecule has 0 bridgehead atoms. The van der Waals surface area contributed by atoms with Crippen molar-refractivity contribution in [2.24, 2.45) is 0 Å². The van der Waals surface area contributed by atoms with Gasteiger partial charge in [-0.25, -0.2) is 4.98 Å². The Balaban J connectivity index is 2.07. The number of rotatable bonds is 5. The number of benzene rings is 1. The van der Waals surface area contributed by atoms with Crippen LogP contribution < -0.4 is 10.5 Å². The zero-order chi connectivity index (χ0) is 13.7. The Morgan fingerprint density at radius 3 is 2.74 bits per heavy atom. The van der Waals surface area contributed by atoms with Gasteiger partial charge < -0.3 is 10.5 Å². The third-order valence-electron chi connectivity index (χ3n) is 2.78. The molecule has 0 saturated carbocycles. The Bertz CT molecular complexity index is 558. The summed E-state index contributed by atoms with van der Waals surface area (Å²) in [7, 11) is 0. The fraction of sp³-hybridized carbons (Fsp3) is 0.267. The third kappa shape index (κ3) is 3.64. The highest BCUT2D eigenvalue weighted by Crippen LogP contribution is 2.27. The molecule has 0 unspecified atom stereocenters. The second-order valence-electron chi connectivity index (χ2n) is 4.19. The highest BCUT2D eigenvalue weighted by atomic mass is 32.2. The maximum atomic E-state index is 5.81. The summed E-state index contributed by atoms with van der Waals surface area (Å²) >= 11 is 1.69. The monoisotopic (exact) mass is 274 g/mol. The van der Waals surface area contributed by atoms with E-state index >= 15 is 0 Å². The van der Waals surface area contributed by atoms with E-state index in [-0.39, 0.29) is 0 Å². The number of thioether (sulfide) groups is 1. The smallest absolute Gasteiger partial charge is 0.238 e. The number of anilines is 1. The Hall–Kier alpha value is -1.68. The number of nitrogen functional groups attached to an aromatic ring is 1. The Morgan fingerprint density at radius 2 is 2.00 bits per heavy atom. The van der Waals surface area contributed by atoms with Gasteiger partial charge in [-0.05, 0) is 37.1 Å². The lowest BCUT2D eigenvalue weighted by Crippen LogP contribution is -2.00. The van der Waals surface area contributed by atoms with Gasteiger partial charge in [-0.3, -0.25) is 0 Å². The van der Waals surface area contributed by atoms with E-state index in [2.05, 4.69) is 36.2 Å². The van der Waals surface area contributed by atoms with E-state index < -0.39 is 0 Å². The average molecular weight is 274 g/mol. The fourth-order valence-corrected chi connectivity index (χ4v) is 2.63. The van der Waals surface area contributed by atoms with Crippen LogP contribution in [0.3, 0.4) is 0 Å². The predicted molar refractivity (Wildman–Crippen MR) is 80.6 cm³/mol. The standard InChI is InChI=1S/C15H18N2OS/c1-3-18-15-13(16)8-9-14(17-15)19-10-12-7-5-4-6-11(12)2/h4-9H,3,10,16H2,1-2H3. The van der Waals surface area contributed by atoms with E-state index in [9.17, 15) is 0 Å². The Morgan fingerprint density at radius 1 is 1.21 bits per heavy atom. The van der Waals surface area contributed by atoms with Crippen molar-refractivity contribution in [3.8, 4) is 5.88 Å². The van der Waals surface area contributed by atoms with Crippen LogP contribution >= 0.6 is 11.8 Å². The summed E-state index contributed by atoms with van der Waals surface area (Å²) in [6.07, 6.45) is 0. The van der Waals surface area contributed by atoms with E-state index in [1.165, 1.54) is 11.1 Å². The number of pyridine rings is 1. The number of ether oxygens (including phenoxy) is 1. The van der Waals surface area contributed by atoms with E-state index in [0.29, 0.717) is 18.2 Å². The lowest BCUT2D eigenvalue weighted by atomic mass is 10.1. The Labute approximate surface area is 118 Å². The van der Waals surface area contributed by atoms with Crippen LogP contribution in [0.1, 0.15) is 18.1 Å². The van der Waals surface area contributed by atoms with Crippen LogP contribution in [0.15, 0.2) is 41.4 Å². The maximum absolute atomic E-state index is 5.81. The highest BCUT2D eigenvalue weighted by molar-refractivity contribution is 7.98. The summed E-state index contributed by atoms with van der Waals surface area (Å²) in [4.78, 5) is 4.42. The van der Waals surface area contributed by atoms with Gasteiger partial charge in [0.2, 0.25) is 5.88 Å². The van der Waals surface area contributed by atoms with Crippen molar-refractivity contribution < 1.29 is 4.74 Å². The molecule has 2 aromatic rings. The van der Waals surface area contributed by atoms with Gasteiger partial charge >= 0.3 is 0 Å². The second kappa shape index (κ2) is 6.48. The van der Waals surface area contributed by atoms with Crippen LogP contribution in [0.25, 0.3) is 0 Å². The summed E-state index contributed by atoms with van der Waals surface area (Å²) in [5, 5.41) is 0.931. The topological polar surface area (TPSA) is 48.1 Å². The molecule has 0 aliphatic heterocycles. The number of nitrogens with two attached hydrogens (primary N) is 1. The average Bonchev–Trinajstić information content (AvgIpc) is 2.41. The molecule has 1 heterocycles. The first-order valence-corrected chi connectivity index (χ1v) is 7.26. The van der Waals surface area contributed by atoms with Gasteiger partial charge in [-0.2, -0.15) is 0 Å². The van der Waals surface area contributed by atoms with E-state index in [1.807, 2.05) is 19.1 Å². The van der Waals surface area contributed by atoms with Crippen molar-refractivity contribution in [2.45, 2.75) is 24.6 Å². The summed E-state index contributed by atoms with van der Waals surface area (Å²) in [5.74, 6) is 1.42. The number of nitrogens with zero attached hydrogens (tertiary/aromatic N) is 1. The highest BCUT2D eigenvalue weighted by Gasteiger charge is 2.05. The molecule has 1 aromatic heterocycles. The second-order valence-corrected chi connectivity index (χ2v) is 5.19. The fourth-order valence-electron chi connectivity index (χ4n) is 1.69. The van der Waals surface area contributed by atoms with Crippen LogP contribution in [-0.4, -0.2) is 11.6 Å². The van der Waals surface area contributed by atoms with E-state index in [1.54, 1.807) is 11.8 Å². The molecular weight excluding hydrogens is 256 g/mol. The van der Waals surface area contributed by atoms with Crippen molar-refractivity contribution in [1.29, 1.82) is 0 Å². The molecule has 2 rings (SSSR count). The minimum absolute atomic E-state index is 0.525. The van der Waals surface area contributed by atoms with Gasteiger partial charge in [0.15, 0.2) is 0 Å². The predicted octanol–water partition coefficient (Wildman–Crippen LogP) is 3.66. The minimum atomic E-state index is 0.525. The number of aromatic nitrogens is 1. The van der Waals surface area contributed by atoms with Gasteiger partial charge in [0.05, 0.1) is 12.3 Å². The van der Waals surface area contributed by atoms with Gasteiger partial charge in [0, 0.05) is 5.75 Å². The number of hydrogen-bond donors (Lipinski definition) is 1. The molecule has 0 amide bonds. The third-order valence-corrected chi connectivity index (χ3v) is 3.76. The first kappa shape index (κ1) is 13.7. The molecule has 0 aliphatic carbocycles. The van der Waals surface area contributed by atoms with Crippen LogP contribution in [0.5, 0.6) is 5.88 Å². The van der Waals surface area contributed by atoms with Crippen LogP contribution in [0.4, 0.5) is 5.69 Å². The molecule has 19 heavy (non-hydrogen) atoms. The lowest BCUT2D eigenvalue weighted by Gasteiger charge is -2.08. The molecule has 3 nitrogen and oxygen atoms in total. The quantitative estimate of drug-likeness (QED) is 0.845. The van der Waals surface area contributed by atoms with Crippen molar-refractivity contribution in [1.82, 2.24) is 4.98 Å². The maximum Gasteiger partial charge on any atom is 0.238 e. The molecule has 2 N–H and O–H groups in total. The lowest BCUT2D eigenvalue weighted by molar-refractivity contribution is 0.326. The van der Waals surface area contributed by atoms with Crippen molar-refractivity contribution in [3.63, 3.8) is 0 Å². The molecule has 0 saturated heterocycles. The number of aryl methyl sites for hydroxylation is 1. The largest absolute Gasteiger partial charge is 0.476 e. The van der Waals surface area contributed by atoms with E-state index in [4.69, 9.17) is 10.5 Å². The van der Waals surface area contributed by atoms with Gasteiger partial charge in [-0.15, -0.1) is 11.8 Å². The molecule has 1 aromatic carbocycles. The Kier molecular flexibility index (Phi) is 4.68. The normalized spacial score (nSPS) is 10.4. The molecule has 100 valence electrons. The summed E-state index contributed by atoms with van der Waals surface area (Å²) < 4.78 is 5.40. The molecule has 0 atom stereocenters. The van der Waals surface area contributed by atoms with Crippen molar-refractivity contribution in [2.75, 3.05) is 12.3 Å². The minimum Gasteiger partial charge on any atom is -0.476 e. The SMILES string of the molecule is CCOc1nc(SCc2ccccc2C)ccc1N. The van der Waals surface area contributed by atoms with Gasteiger partial charge in [0.25, 0.3) is 0 Å². The van der Waals surface area contributed by atoms with Gasteiger partial charge in [0.1, 0.15) is 5.03 Å². The van der Waals surface area contributed by atoms with Crippen LogP contribution in [0.2, 0.25) is 0 Å². The summed E-state index contributed by atoms with van der Waals surface area (Å²) in [6, 6.07) is 12.2. The molecule has 0 aliphatic rings.